The lowest BCUT2D eigenvalue weighted by atomic mass is 10.1. The summed E-state index contributed by atoms with van der Waals surface area (Å²) in [5, 5.41) is 2.32. The molecule has 0 unspecified atom stereocenters. The lowest BCUT2D eigenvalue weighted by Crippen LogP contribution is -2.44. The molecular weight excluding hydrogens is 236 g/mol. The van der Waals surface area contributed by atoms with Crippen LogP contribution in [-0.2, 0) is 0 Å². The number of rotatable bonds is 1. The zero-order chi connectivity index (χ0) is 13.4. The molecule has 0 atom stereocenters. The van der Waals surface area contributed by atoms with Crippen molar-refractivity contribution in [1.82, 2.24) is 9.88 Å². The van der Waals surface area contributed by atoms with Crippen molar-refractivity contribution in [3.05, 3.63) is 30.0 Å². The molecule has 1 aromatic heterocycles. The van der Waals surface area contributed by atoms with E-state index in [9.17, 15) is 0 Å². The maximum absolute atomic E-state index is 6.12. The molecule has 1 aliphatic heterocycles. The van der Waals surface area contributed by atoms with Crippen LogP contribution in [0.5, 0.6) is 0 Å². The third-order valence-electron chi connectivity index (χ3n) is 3.92. The van der Waals surface area contributed by atoms with Crippen molar-refractivity contribution < 1.29 is 0 Å². The molecule has 100 valence electrons. The highest BCUT2D eigenvalue weighted by atomic mass is 15.3. The third kappa shape index (κ3) is 2.12. The highest BCUT2D eigenvalue weighted by Gasteiger charge is 2.18. The number of hydrogen-bond acceptors (Lipinski definition) is 4. The number of hydrogen-bond donors (Lipinski definition) is 1. The van der Waals surface area contributed by atoms with Crippen LogP contribution in [0.4, 0.5) is 11.5 Å². The summed E-state index contributed by atoms with van der Waals surface area (Å²) >= 11 is 0. The fourth-order valence-corrected chi connectivity index (χ4v) is 2.76. The molecule has 0 saturated carbocycles. The fraction of sp³-hybridized carbons (Fsp3) is 0.400. The third-order valence-corrected chi connectivity index (χ3v) is 3.92. The molecule has 0 radical (unpaired) electrons. The Kier molecular flexibility index (Phi) is 3.03. The van der Waals surface area contributed by atoms with Gasteiger partial charge in [0.15, 0.2) is 0 Å². The molecule has 1 fully saturated rings. The van der Waals surface area contributed by atoms with E-state index in [2.05, 4.69) is 34.8 Å². The summed E-state index contributed by atoms with van der Waals surface area (Å²) in [7, 11) is 2.16. The Morgan fingerprint density at radius 3 is 2.63 bits per heavy atom. The van der Waals surface area contributed by atoms with E-state index in [4.69, 9.17) is 5.73 Å². The van der Waals surface area contributed by atoms with Crippen LogP contribution in [0.1, 0.15) is 5.56 Å². The van der Waals surface area contributed by atoms with Gasteiger partial charge in [0, 0.05) is 48.8 Å². The van der Waals surface area contributed by atoms with Crippen LogP contribution in [-0.4, -0.2) is 43.1 Å². The van der Waals surface area contributed by atoms with Gasteiger partial charge < -0.3 is 15.5 Å². The summed E-state index contributed by atoms with van der Waals surface area (Å²) in [6.45, 7) is 6.28. The Bertz CT molecular complexity index is 592. The van der Waals surface area contributed by atoms with Crippen LogP contribution in [0.15, 0.2) is 24.4 Å². The molecule has 4 heteroatoms. The monoisotopic (exact) mass is 256 g/mol. The van der Waals surface area contributed by atoms with Gasteiger partial charge in [-0.05, 0) is 25.6 Å². The van der Waals surface area contributed by atoms with Gasteiger partial charge in [-0.3, -0.25) is 0 Å². The SMILES string of the molecule is Cc1cnc(N2CCN(C)CC2)c2cccc(N)c12. The minimum absolute atomic E-state index is 0.841. The van der Waals surface area contributed by atoms with Crippen LogP contribution in [0, 0.1) is 6.92 Å². The highest BCUT2D eigenvalue weighted by Crippen LogP contribution is 2.31. The zero-order valence-corrected chi connectivity index (χ0v) is 11.6. The first-order chi connectivity index (χ1) is 9.16. The Morgan fingerprint density at radius 2 is 1.89 bits per heavy atom. The number of nitrogens with two attached hydrogens (primary N) is 1. The topological polar surface area (TPSA) is 45.4 Å². The Hall–Kier alpha value is -1.81. The van der Waals surface area contributed by atoms with Crippen LogP contribution < -0.4 is 10.6 Å². The highest BCUT2D eigenvalue weighted by molar-refractivity contribution is 6.01. The molecule has 19 heavy (non-hydrogen) atoms. The summed E-state index contributed by atoms with van der Waals surface area (Å²) in [4.78, 5) is 9.36. The number of piperazine rings is 1. The largest absolute Gasteiger partial charge is 0.398 e. The number of pyridine rings is 1. The predicted molar refractivity (Wildman–Crippen MR) is 80.6 cm³/mol. The number of anilines is 2. The Morgan fingerprint density at radius 1 is 1.16 bits per heavy atom. The lowest BCUT2D eigenvalue weighted by molar-refractivity contribution is 0.312. The average molecular weight is 256 g/mol. The van der Waals surface area contributed by atoms with Crippen molar-refractivity contribution in [3.63, 3.8) is 0 Å². The van der Waals surface area contributed by atoms with Crippen molar-refractivity contribution in [2.24, 2.45) is 0 Å². The van der Waals surface area contributed by atoms with Crippen molar-refractivity contribution in [1.29, 1.82) is 0 Å². The van der Waals surface area contributed by atoms with Gasteiger partial charge in [0.2, 0.25) is 0 Å². The number of nitrogens with zero attached hydrogens (tertiary/aromatic N) is 3. The van der Waals surface area contributed by atoms with Gasteiger partial charge in [0.1, 0.15) is 5.82 Å². The predicted octanol–water partition coefficient (Wildman–Crippen LogP) is 1.88. The molecule has 2 heterocycles. The summed E-state index contributed by atoms with van der Waals surface area (Å²) in [5.41, 5.74) is 8.11. The molecule has 2 aromatic rings. The van der Waals surface area contributed by atoms with Crippen LogP contribution in [0.25, 0.3) is 10.8 Å². The number of likely N-dealkylation sites (N-methyl/N-ethyl adjacent to an activating group) is 1. The zero-order valence-electron chi connectivity index (χ0n) is 11.6. The minimum Gasteiger partial charge on any atom is -0.398 e. The second-order valence-electron chi connectivity index (χ2n) is 5.32. The molecule has 0 aliphatic carbocycles. The maximum atomic E-state index is 6.12. The van der Waals surface area contributed by atoms with Gasteiger partial charge in [-0.1, -0.05) is 12.1 Å². The number of fused-ring (bicyclic) bond motifs is 1. The van der Waals surface area contributed by atoms with E-state index in [1.54, 1.807) is 0 Å². The van der Waals surface area contributed by atoms with E-state index >= 15 is 0 Å². The number of aromatic nitrogens is 1. The molecule has 1 aliphatic rings. The summed E-state index contributed by atoms with van der Waals surface area (Å²) in [5.74, 6) is 1.07. The molecule has 1 saturated heterocycles. The maximum Gasteiger partial charge on any atom is 0.136 e. The van der Waals surface area contributed by atoms with E-state index < -0.39 is 0 Å². The van der Waals surface area contributed by atoms with Gasteiger partial charge in [0.25, 0.3) is 0 Å². The van der Waals surface area contributed by atoms with E-state index in [1.165, 1.54) is 5.39 Å². The first kappa shape index (κ1) is 12.2. The molecule has 2 N–H and O–H groups in total. The number of nitrogen functional groups attached to an aromatic ring is 1. The van der Waals surface area contributed by atoms with Crippen molar-refractivity contribution in [2.75, 3.05) is 43.9 Å². The number of benzene rings is 1. The molecule has 4 nitrogen and oxygen atoms in total. The fourth-order valence-electron chi connectivity index (χ4n) is 2.76. The summed E-state index contributed by atoms with van der Waals surface area (Å²) in [6, 6.07) is 6.10. The van der Waals surface area contributed by atoms with E-state index in [-0.39, 0.29) is 0 Å². The molecule has 0 spiro atoms. The van der Waals surface area contributed by atoms with Crippen molar-refractivity contribution in [3.8, 4) is 0 Å². The van der Waals surface area contributed by atoms with Gasteiger partial charge in [-0.15, -0.1) is 0 Å². The first-order valence-corrected chi connectivity index (χ1v) is 6.74. The molecule has 0 amide bonds. The quantitative estimate of drug-likeness (QED) is 0.791. The number of aryl methyl sites for hydroxylation is 1. The first-order valence-electron chi connectivity index (χ1n) is 6.74. The molecular formula is C15H20N4. The normalized spacial score (nSPS) is 17.1. The lowest BCUT2D eigenvalue weighted by Gasteiger charge is -2.34. The summed E-state index contributed by atoms with van der Waals surface area (Å²) in [6.07, 6.45) is 1.94. The second kappa shape index (κ2) is 4.70. The van der Waals surface area contributed by atoms with Gasteiger partial charge >= 0.3 is 0 Å². The van der Waals surface area contributed by atoms with Gasteiger partial charge in [0.05, 0.1) is 0 Å². The van der Waals surface area contributed by atoms with Crippen molar-refractivity contribution in [2.45, 2.75) is 6.92 Å². The summed E-state index contributed by atoms with van der Waals surface area (Å²) < 4.78 is 0. The van der Waals surface area contributed by atoms with Crippen LogP contribution in [0.2, 0.25) is 0 Å². The van der Waals surface area contributed by atoms with E-state index in [0.29, 0.717) is 0 Å². The molecule has 3 rings (SSSR count). The van der Waals surface area contributed by atoms with E-state index in [1.807, 2.05) is 18.3 Å². The standard InChI is InChI=1S/C15H20N4/c1-11-10-17-15(19-8-6-18(2)7-9-19)12-4-3-5-13(16)14(11)12/h3-5,10H,6-9,16H2,1-2H3. The molecule has 1 aromatic carbocycles. The minimum atomic E-state index is 0.841. The van der Waals surface area contributed by atoms with E-state index in [0.717, 1.165) is 48.6 Å². The smallest absolute Gasteiger partial charge is 0.136 e. The van der Waals surface area contributed by atoms with Crippen LogP contribution in [0.3, 0.4) is 0 Å². The Labute approximate surface area is 113 Å². The van der Waals surface area contributed by atoms with Crippen LogP contribution >= 0.6 is 0 Å². The van der Waals surface area contributed by atoms with Gasteiger partial charge in [-0.25, -0.2) is 4.98 Å². The second-order valence-corrected chi connectivity index (χ2v) is 5.32. The van der Waals surface area contributed by atoms with Crippen molar-refractivity contribution >= 4 is 22.3 Å². The van der Waals surface area contributed by atoms with Gasteiger partial charge in [-0.2, -0.15) is 0 Å². The molecule has 0 bridgehead atoms. The average Bonchev–Trinajstić information content (AvgIpc) is 2.41. The Balaban J connectivity index is 2.10.